The summed E-state index contributed by atoms with van der Waals surface area (Å²) in [5, 5.41) is 0. The Balaban J connectivity index is 0.00000144. The van der Waals surface area contributed by atoms with E-state index in [0.717, 1.165) is 12.8 Å². The molecule has 0 fully saturated rings. The van der Waals surface area contributed by atoms with Crippen molar-refractivity contribution in [3.8, 4) is 0 Å². The SMILES string of the molecule is [CH2-]C1=C(C(=O)c2ccccc2)C(=O)CCC1.[Y+3]. The second-order valence-corrected chi connectivity index (χ2v) is 3.95. The minimum Gasteiger partial charge on any atom is -0.315 e. The van der Waals surface area contributed by atoms with Crippen LogP contribution < -0.4 is 0 Å². The van der Waals surface area contributed by atoms with Gasteiger partial charge >= 0.3 is 32.7 Å². The number of rotatable bonds is 2. The third kappa shape index (κ3) is 3.14. The van der Waals surface area contributed by atoms with Crippen molar-refractivity contribution in [3.63, 3.8) is 0 Å². The van der Waals surface area contributed by atoms with E-state index in [1.807, 2.05) is 6.07 Å². The Morgan fingerprint density at radius 2 is 1.76 bits per heavy atom. The summed E-state index contributed by atoms with van der Waals surface area (Å²) in [5.41, 5.74) is 1.55. The molecule has 0 spiro atoms. The molecule has 17 heavy (non-hydrogen) atoms. The van der Waals surface area contributed by atoms with Crippen LogP contribution in [-0.2, 0) is 37.5 Å². The molecule has 0 bridgehead atoms. The first kappa shape index (κ1) is 14.3. The van der Waals surface area contributed by atoms with Gasteiger partial charge in [-0.05, 0) is 12.8 Å². The summed E-state index contributed by atoms with van der Waals surface area (Å²) in [6.45, 7) is 3.81. The van der Waals surface area contributed by atoms with Gasteiger partial charge in [0.1, 0.15) is 5.78 Å². The number of hydrogen-bond donors (Lipinski definition) is 0. The predicted molar refractivity (Wildman–Crippen MR) is 62.0 cm³/mol. The van der Waals surface area contributed by atoms with Crippen molar-refractivity contribution in [2.75, 3.05) is 0 Å². The Hall–Kier alpha value is -0.726. The molecule has 0 aliphatic heterocycles. The number of Topliss-reactive ketones (excluding diaryl/α,β-unsaturated/α-hetero) is 2. The Morgan fingerprint density at radius 3 is 2.35 bits per heavy atom. The van der Waals surface area contributed by atoms with Gasteiger partial charge in [-0.1, -0.05) is 42.3 Å². The van der Waals surface area contributed by atoms with Crippen LogP contribution >= 0.6 is 0 Å². The molecule has 1 aliphatic carbocycles. The largest absolute Gasteiger partial charge is 3.00 e. The zero-order valence-electron chi connectivity index (χ0n) is 9.61. The van der Waals surface area contributed by atoms with Crippen molar-refractivity contribution in [1.82, 2.24) is 0 Å². The van der Waals surface area contributed by atoms with Crippen LogP contribution in [0.15, 0.2) is 41.5 Å². The van der Waals surface area contributed by atoms with Gasteiger partial charge in [0.15, 0.2) is 0 Å². The Kier molecular flexibility index (Phi) is 5.29. The van der Waals surface area contributed by atoms with Crippen LogP contribution in [0.1, 0.15) is 29.6 Å². The van der Waals surface area contributed by atoms with E-state index >= 15 is 0 Å². The number of allylic oxidation sites excluding steroid dienone is 2. The van der Waals surface area contributed by atoms with E-state index in [1.54, 1.807) is 24.3 Å². The molecule has 0 atom stereocenters. The zero-order chi connectivity index (χ0) is 11.5. The molecule has 82 valence electrons. The maximum atomic E-state index is 12.1. The molecule has 0 unspecified atom stereocenters. The van der Waals surface area contributed by atoms with Gasteiger partial charge in [-0.25, -0.2) is 12.5 Å². The van der Waals surface area contributed by atoms with Crippen LogP contribution in [0, 0.1) is 6.92 Å². The number of ketones is 2. The van der Waals surface area contributed by atoms with Gasteiger partial charge in [-0.15, -0.1) is 0 Å². The molecule has 2 nitrogen and oxygen atoms in total. The van der Waals surface area contributed by atoms with E-state index in [4.69, 9.17) is 0 Å². The van der Waals surface area contributed by atoms with Crippen LogP contribution in [0.4, 0.5) is 0 Å². The fourth-order valence-electron chi connectivity index (χ4n) is 1.93. The van der Waals surface area contributed by atoms with Crippen molar-refractivity contribution in [1.29, 1.82) is 0 Å². The average molecular weight is 302 g/mol. The molecule has 0 aromatic heterocycles. The second-order valence-electron chi connectivity index (χ2n) is 3.95. The fourth-order valence-corrected chi connectivity index (χ4v) is 1.93. The summed E-state index contributed by atoms with van der Waals surface area (Å²) >= 11 is 0. The van der Waals surface area contributed by atoms with Gasteiger partial charge in [0.2, 0.25) is 0 Å². The summed E-state index contributed by atoms with van der Waals surface area (Å²) in [4.78, 5) is 23.8. The third-order valence-corrected chi connectivity index (χ3v) is 2.78. The second kappa shape index (κ2) is 6.27. The molecule has 1 aromatic rings. The first-order valence-corrected chi connectivity index (χ1v) is 5.38. The predicted octanol–water partition coefficient (Wildman–Crippen LogP) is 2.75. The molecule has 1 aromatic carbocycles. The van der Waals surface area contributed by atoms with Crippen molar-refractivity contribution in [2.45, 2.75) is 19.3 Å². The average Bonchev–Trinajstić information content (AvgIpc) is 2.30. The van der Waals surface area contributed by atoms with Gasteiger partial charge < -0.3 is 9.59 Å². The Bertz CT molecular complexity index is 460. The van der Waals surface area contributed by atoms with Crippen molar-refractivity contribution in [2.24, 2.45) is 0 Å². The molecule has 0 saturated heterocycles. The molecular formula is C14H13O2Y+2. The molecule has 3 heteroatoms. The zero-order valence-corrected chi connectivity index (χ0v) is 12.4. The maximum Gasteiger partial charge on any atom is 3.00 e. The smallest absolute Gasteiger partial charge is 0.315 e. The Labute approximate surface area is 126 Å². The standard InChI is InChI=1S/C14H13O2.Y/c1-10-6-5-9-12(15)13(10)14(16)11-7-3-2-4-8-11;/h2-4,7-8H,1,5-6,9H2;/q-1;+3. The van der Waals surface area contributed by atoms with E-state index in [-0.39, 0.29) is 44.3 Å². The third-order valence-electron chi connectivity index (χ3n) is 2.78. The van der Waals surface area contributed by atoms with Gasteiger partial charge in [0.05, 0.1) is 5.78 Å². The van der Waals surface area contributed by atoms with Crippen LogP contribution in [0.5, 0.6) is 0 Å². The molecule has 0 heterocycles. The molecular weight excluding hydrogens is 289 g/mol. The van der Waals surface area contributed by atoms with E-state index in [2.05, 4.69) is 6.92 Å². The molecule has 0 radical (unpaired) electrons. The minimum atomic E-state index is -0.185. The first-order chi connectivity index (χ1) is 7.70. The summed E-state index contributed by atoms with van der Waals surface area (Å²) in [5.74, 6) is -0.250. The summed E-state index contributed by atoms with van der Waals surface area (Å²) < 4.78 is 0. The topological polar surface area (TPSA) is 34.1 Å². The fraction of sp³-hybridized carbons (Fsp3) is 0.214. The molecule has 0 amide bonds. The van der Waals surface area contributed by atoms with Gasteiger partial charge in [-0.2, -0.15) is 0 Å². The monoisotopic (exact) mass is 302 g/mol. The van der Waals surface area contributed by atoms with Crippen LogP contribution in [0.2, 0.25) is 0 Å². The van der Waals surface area contributed by atoms with Gasteiger partial charge in [0, 0.05) is 5.56 Å². The molecule has 2 rings (SSSR count). The first-order valence-electron chi connectivity index (χ1n) is 5.38. The minimum absolute atomic E-state index is 0. The summed E-state index contributed by atoms with van der Waals surface area (Å²) in [6, 6.07) is 8.89. The molecule has 0 N–H and O–H groups in total. The Morgan fingerprint density at radius 1 is 1.12 bits per heavy atom. The van der Waals surface area contributed by atoms with Crippen molar-refractivity contribution < 1.29 is 42.3 Å². The van der Waals surface area contributed by atoms with E-state index in [0.29, 0.717) is 23.1 Å². The summed E-state index contributed by atoms with van der Waals surface area (Å²) in [6.07, 6.45) is 2.02. The maximum absolute atomic E-state index is 12.1. The van der Waals surface area contributed by atoms with Crippen LogP contribution in [-0.4, -0.2) is 11.6 Å². The van der Waals surface area contributed by atoms with E-state index < -0.39 is 0 Å². The quantitative estimate of drug-likeness (QED) is 0.478. The van der Waals surface area contributed by atoms with Crippen molar-refractivity contribution in [3.05, 3.63) is 54.0 Å². The van der Waals surface area contributed by atoms with E-state index in [9.17, 15) is 9.59 Å². The normalized spacial score (nSPS) is 15.4. The number of carbonyl (C=O) groups excluding carboxylic acids is 2. The van der Waals surface area contributed by atoms with Gasteiger partial charge in [0.25, 0.3) is 0 Å². The number of carbonyl (C=O) groups is 2. The number of hydrogen-bond acceptors (Lipinski definition) is 2. The van der Waals surface area contributed by atoms with Crippen LogP contribution in [0.25, 0.3) is 0 Å². The molecule has 1 aliphatic rings. The van der Waals surface area contributed by atoms with Crippen LogP contribution in [0.3, 0.4) is 0 Å². The van der Waals surface area contributed by atoms with E-state index in [1.165, 1.54) is 0 Å². The number of benzene rings is 1. The van der Waals surface area contributed by atoms with Gasteiger partial charge in [-0.3, -0.25) is 0 Å². The van der Waals surface area contributed by atoms with Crippen molar-refractivity contribution >= 4 is 11.6 Å². The molecule has 0 saturated carbocycles. The summed E-state index contributed by atoms with van der Waals surface area (Å²) in [7, 11) is 0.